The second-order valence-corrected chi connectivity index (χ2v) is 4.82. The summed E-state index contributed by atoms with van der Waals surface area (Å²) >= 11 is 3.55. The Labute approximate surface area is 99.0 Å². The van der Waals surface area contributed by atoms with Gasteiger partial charge < -0.3 is 10.2 Å². The van der Waals surface area contributed by atoms with Gasteiger partial charge in [0, 0.05) is 19.3 Å². The van der Waals surface area contributed by atoms with E-state index in [2.05, 4.69) is 31.1 Å². The molecule has 0 aromatic carbocycles. The van der Waals surface area contributed by atoms with Crippen LogP contribution in [0.25, 0.3) is 0 Å². The molecule has 1 aromatic rings. The van der Waals surface area contributed by atoms with Crippen LogP contribution in [-0.4, -0.2) is 31.7 Å². The van der Waals surface area contributed by atoms with Crippen LogP contribution in [0.15, 0.2) is 22.8 Å². The molecule has 15 heavy (non-hydrogen) atoms. The van der Waals surface area contributed by atoms with Crippen LogP contribution in [0.1, 0.15) is 6.42 Å². The zero-order valence-electron chi connectivity index (χ0n) is 8.91. The highest BCUT2D eigenvalue weighted by Crippen LogP contribution is 2.27. The summed E-state index contributed by atoms with van der Waals surface area (Å²) in [5.41, 5.74) is 0. The van der Waals surface area contributed by atoms with Gasteiger partial charge in [-0.25, -0.2) is 4.98 Å². The van der Waals surface area contributed by atoms with Gasteiger partial charge in [-0.1, -0.05) is 0 Å². The zero-order valence-corrected chi connectivity index (χ0v) is 10.5. The Bertz CT molecular complexity index is 329. The Morgan fingerprint density at radius 2 is 2.53 bits per heavy atom. The van der Waals surface area contributed by atoms with Crippen LogP contribution in [0.4, 0.5) is 5.82 Å². The molecule has 0 aliphatic carbocycles. The number of nitrogens with zero attached hydrogens (tertiary/aromatic N) is 2. The van der Waals surface area contributed by atoms with E-state index in [-0.39, 0.29) is 0 Å². The first-order chi connectivity index (χ1) is 7.31. The van der Waals surface area contributed by atoms with E-state index in [1.165, 1.54) is 6.42 Å². The Morgan fingerprint density at radius 3 is 3.27 bits per heavy atom. The topological polar surface area (TPSA) is 28.2 Å². The van der Waals surface area contributed by atoms with Gasteiger partial charge in [-0.3, -0.25) is 0 Å². The number of hydrogen-bond donors (Lipinski definition) is 1. The van der Waals surface area contributed by atoms with Crippen LogP contribution in [0, 0.1) is 5.92 Å². The Balaban J connectivity index is 2.04. The Kier molecular flexibility index (Phi) is 3.59. The number of halogens is 1. The van der Waals surface area contributed by atoms with E-state index in [4.69, 9.17) is 0 Å². The lowest BCUT2D eigenvalue weighted by Crippen LogP contribution is -2.25. The van der Waals surface area contributed by atoms with Gasteiger partial charge in [0.25, 0.3) is 0 Å². The highest BCUT2D eigenvalue weighted by molar-refractivity contribution is 9.10. The van der Waals surface area contributed by atoms with Gasteiger partial charge in [-0.15, -0.1) is 0 Å². The molecule has 1 aromatic heterocycles. The summed E-state index contributed by atoms with van der Waals surface area (Å²) in [6, 6.07) is 4.00. The second-order valence-electron chi connectivity index (χ2n) is 3.97. The highest BCUT2D eigenvalue weighted by Gasteiger charge is 2.23. The molecule has 0 amide bonds. The molecule has 1 unspecified atom stereocenters. The number of hydrogen-bond acceptors (Lipinski definition) is 3. The van der Waals surface area contributed by atoms with Gasteiger partial charge in [0.05, 0.1) is 4.47 Å². The molecule has 1 aliphatic rings. The standard InChI is InChI=1S/C11H16BrN3/c1-13-7-9-4-6-15(8-9)11-10(12)3-2-5-14-11/h2-3,5,9,13H,4,6-8H2,1H3. The molecule has 4 heteroatoms. The van der Waals surface area contributed by atoms with Crippen LogP contribution in [0.2, 0.25) is 0 Å². The van der Waals surface area contributed by atoms with E-state index in [9.17, 15) is 0 Å². The van der Waals surface area contributed by atoms with Gasteiger partial charge in [0.2, 0.25) is 0 Å². The van der Waals surface area contributed by atoms with Crippen molar-refractivity contribution in [3.63, 3.8) is 0 Å². The van der Waals surface area contributed by atoms with Gasteiger partial charge >= 0.3 is 0 Å². The van der Waals surface area contributed by atoms with E-state index in [1.807, 2.05) is 25.4 Å². The summed E-state index contributed by atoms with van der Waals surface area (Å²) in [6.07, 6.45) is 3.11. The van der Waals surface area contributed by atoms with Crippen molar-refractivity contribution >= 4 is 21.7 Å². The van der Waals surface area contributed by atoms with Gasteiger partial charge in [0.15, 0.2) is 0 Å². The first-order valence-corrected chi connectivity index (χ1v) is 6.10. The summed E-state index contributed by atoms with van der Waals surface area (Å²) in [6.45, 7) is 3.32. The van der Waals surface area contributed by atoms with Crippen molar-refractivity contribution in [1.82, 2.24) is 10.3 Å². The SMILES string of the molecule is CNCC1CCN(c2ncccc2Br)C1. The fourth-order valence-electron chi connectivity index (χ4n) is 2.09. The molecule has 0 spiro atoms. The van der Waals surface area contributed by atoms with Gasteiger partial charge in [0.1, 0.15) is 5.82 Å². The minimum atomic E-state index is 0.754. The molecule has 3 nitrogen and oxygen atoms in total. The van der Waals surface area contributed by atoms with E-state index >= 15 is 0 Å². The molecular weight excluding hydrogens is 254 g/mol. The Hall–Kier alpha value is -0.610. The van der Waals surface area contributed by atoms with Crippen molar-refractivity contribution in [2.75, 3.05) is 31.6 Å². The summed E-state index contributed by atoms with van der Waals surface area (Å²) in [5.74, 6) is 1.83. The molecule has 2 rings (SSSR count). The number of pyridine rings is 1. The minimum Gasteiger partial charge on any atom is -0.355 e. The first-order valence-electron chi connectivity index (χ1n) is 5.31. The van der Waals surface area contributed by atoms with E-state index in [0.717, 1.165) is 35.8 Å². The van der Waals surface area contributed by atoms with Crippen molar-refractivity contribution in [1.29, 1.82) is 0 Å². The third kappa shape index (κ3) is 2.49. The van der Waals surface area contributed by atoms with Crippen LogP contribution in [0.3, 0.4) is 0 Å². The van der Waals surface area contributed by atoms with Crippen LogP contribution in [0.5, 0.6) is 0 Å². The minimum absolute atomic E-state index is 0.754. The van der Waals surface area contributed by atoms with Gasteiger partial charge in [-0.05, 0) is 54.0 Å². The number of anilines is 1. The lowest BCUT2D eigenvalue weighted by Gasteiger charge is -2.18. The van der Waals surface area contributed by atoms with Crippen molar-refractivity contribution in [3.05, 3.63) is 22.8 Å². The van der Waals surface area contributed by atoms with Crippen molar-refractivity contribution in [2.45, 2.75) is 6.42 Å². The maximum absolute atomic E-state index is 4.41. The summed E-state index contributed by atoms with van der Waals surface area (Å²) in [7, 11) is 2.01. The molecule has 1 aliphatic heterocycles. The quantitative estimate of drug-likeness (QED) is 0.909. The van der Waals surface area contributed by atoms with Crippen molar-refractivity contribution in [2.24, 2.45) is 5.92 Å². The highest BCUT2D eigenvalue weighted by atomic mass is 79.9. The van der Waals surface area contributed by atoms with Crippen LogP contribution in [-0.2, 0) is 0 Å². The molecule has 0 bridgehead atoms. The maximum Gasteiger partial charge on any atom is 0.142 e. The molecule has 1 N–H and O–H groups in total. The van der Waals surface area contributed by atoms with E-state index < -0.39 is 0 Å². The molecule has 0 radical (unpaired) electrons. The first kappa shape index (κ1) is 10.9. The lowest BCUT2D eigenvalue weighted by molar-refractivity contribution is 0.549. The zero-order chi connectivity index (χ0) is 10.7. The lowest BCUT2D eigenvalue weighted by atomic mass is 10.1. The molecule has 2 heterocycles. The van der Waals surface area contributed by atoms with Crippen LogP contribution < -0.4 is 10.2 Å². The average molecular weight is 270 g/mol. The van der Waals surface area contributed by atoms with Gasteiger partial charge in [-0.2, -0.15) is 0 Å². The fraction of sp³-hybridized carbons (Fsp3) is 0.545. The molecule has 1 atom stereocenters. The fourth-order valence-corrected chi connectivity index (χ4v) is 2.60. The van der Waals surface area contributed by atoms with Crippen molar-refractivity contribution < 1.29 is 0 Å². The molecule has 1 fully saturated rings. The molecule has 1 saturated heterocycles. The summed E-state index contributed by atoms with van der Waals surface area (Å²) in [4.78, 5) is 6.77. The summed E-state index contributed by atoms with van der Waals surface area (Å²) in [5, 5.41) is 3.24. The second kappa shape index (κ2) is 4.94. The van der Waals surface area contributed by atoms with Crippen LogP contribution >= 0.6 is 15.9 Å². The molecular formula is C11H16BrN3. The van der Waals surface area contributed by atoms with E-state index in [0.29, 0.717) is 0 Å². The maximum atomic E-state index is 4.41. The third-order valence-electron chi connectivity index (χ3n) is 2.82. The largest absolute Gasteiger partial charge is 0.355 e. The summed E-state index contributed by atoms with van der Waals surface area (Å²) < 4.78 is 1.09. The number of aromatic nitrogens is 1. The predicted molar refractivity (Wildman–Crippen MR) is 66.2 cm³/mol. The van der Waals surface area contributed by atoms with Crippen molar-refractivity contribution in [3.8, 4) is 0 Å². The number of nitrogens with one attached hydrogen (secondary N) is 1. The Morgan fingerprint density at radius 1 is 1.67 bits per heavy atom. The van der Waals surface area contributed by atoms with E-state index in [1.54, 1.807) is 0 Å². The molecule has 0 saturated carbocycles. The predicted octanol–water partition coefficient (Wildman–Crippen LogP) is 1.89. The molecule has 82 valence electrons. The monoisotopic (exact) mass is 269 g/mol. The average Bonchev–Trinajstić information content (AvgIpc) is 2.68. The normalized spacial score (nSPS) is 20.9. The number of rotatable bonds is 3. The third-order valence-corrected chi connectivity index (χ3v) is 3.44. The smallest absolute Gasteiger partial charge is 0.142 e.